The van der Waals surface area contributed by atoms with E-state index in [4.69, 9.17) is 16.3 Å². The van der Waals surface area contributed by atoms with Gasteiger partial charge < -0.3 is 10.1 Å². The van der Waals surface area contributed by atoms with Gasteiger partial charge in [-0.1, -0.05) is 24.4 Å². The molecule has 1 aromatic rings. The molecule has 0 aromatic heterocycles. The number of rotatable bonds is 6. The first-order valence-corrected chi connectivity index (χ1v) is 10.2. The van der Waals surface area contributed by atoms with Gasteiger partial charge in [-0.2, -0.15) is 0 Å². The minimum absolute atomic E-state index is 0.0520. The molecule has 1 N–H and O–H groups in total. The molecule has 1 aliphatic rings. The Bertz CT molecular complexity index is 788. The van der Waals surface area contributed by atoms with Crippen molar-refractivity contribution >= 4 is 33.5 Å². The lowest BCUT2D eigenvalue weighted by Crippen LogP contribution is -2.40. The summed E-state index contributed by atoms with van der Waals surface area (Å²) >= 11 is 6.01. The van der Waals surface area contributed by atoms with Crippen LogP contribution in [-0.4, -0.2) is 50.8 Å². The van der Waals surface area contributed by atoms with E-state index in [1.807, 2.05) is 0 Å². The van der Waals surface area contributed by atoms with Gasteiger partial charge in [0.25, 0.3) is 5.91 Å². The van der Waals surface area contributed by atoms with Crippen molar-refractivity contribution in [3.63, 3.8) is 0 Å². The number of benzene rings is 1. The van der Waals surface area contributed by atoms with Crippen molar-refractivity contribution in [2.45, 2.75) is 49.6 Å². The number of carbonyl (C=O) groups excluding carboxylic acids is 2. The molecule has 144 valence electrons. The number of amides is 1. The molecule has 1 aliphatic carbocycles. The molecule has 1 fully saturated rings. The SMILES string of the molecule is C[C@H](OC(=O)c1cc(S(=O)(=O)N(C)C)ccc1Cl)C(=O)NC1CCCC1. The molecule has 0 bridgehead atoms. The number of hydrogen-bond acceptors (Lipinski definition) is 5. The standard InChI is InChI=1S/C17H23ClN2O5S/c1-11(16(21)19-12-6-4-5-7-12)25-17(22)14-10-13(8-9-15(14)18)26(23,24)20(2)3/h8-12H,4-7H2,1-3H3,(H,19,21)/t11-/m0/s1. The van der Waals surface area contributed by atoms with Crippen molar-refractivity contribution in [2.24, 2.45) is 0 Å². The van der Waals surface area contributed by atoms with E-state index in [0.29, 0.717) is 0 Å². The fraction of sp³-hybridized carbons (Fsp3) is 0.529. The molecule has 1 amide bonds. The predicted molar refractivity (Wildman–Crippen MR) is 97.6 cm³/mol. The van der Waals surface area contributed by atoms with Crippen LogP contribution in [0.1, 0.15) is 43.0 Å². The number of halogens is 1. The Kier molecular flexibility index (Phi) is 6.65. The Hall–Kier alpha value is -1.64. The van der Waals surface area contributed by atoms with Crippen molar-refractivity contribution in [1.29, 1.82) is 0 Å². The topological polar surface area (TPSA) is 92.8 Å². The highest BCUT2D eigenvalue weighted by Crippen LogP contribution is 2.23. The summed E-state index contributed by atoms with van der Waals surface area (Å²) in [5.74, 6) is -1.22. The second-order valence-electron chi connectivity index (χ2n) is 6.47. The maximum Gasteiger partial charge on any atom is 0.340 e. The minimum Gasteiger partial charge on any atom is -0.449 e. The molecule has 2 rings (SSSR count). The van der Waals surface area contributed by atoms with E-state index in [9.17, 15) is 18.0 Å². The zero-order chi connectivity index (χ0) is 19.5. The molecule has 0 saturated heterocycles. The van der Waals surface area contributed by atoms with Gasteiger partial charge in [0, 0.05) is 20.1 Å². The fourth-order valence-corrected chi connectivity index (χ4v) is 3.82. The summed E-state index contributed by atoms with van der Waals surface area (Å²) in [6.07, 6.45) is 2.98. The second kappa shape index (κ2) is 8.37. The first-order chi connectivity index (χ1) is 12.1. The molecule has 1 atom stereocenters. The molecule has 0 radical (unpaired) electrons. The molecule has 9 heteroatoms. The summed E-state index contributed by atoms with van der Waals surface area (Å²) < 4.78 is 30.6. The lowest BCUT2D eigenvalue weighted by atomic mass is 10.2. The van der Waals surface area contributed by atoms with Crippen molar-refractivity contribution in [2.75, 3.05) is 14.1 Å². The number of sulfonamides is 1. The summed E-state index contributed by atoms with van der Waals surface area (Å²) in [4.78, 5) is 24.4. The van der Waals surface area contributed by atoms with Crippen LogP contribution in [0.5, 0.6) is 0 Å². The van der Waals surface area contributed by atoms with Gasteiger partial charge in [-0.25, -0.2) is 17.5 Å². The van der Waals surface area contributed by atoms with Gasteiger partial charge in [0.15, 0.2) is 6.10 Å². The van der Waals surface area contributed by atoms with E-state index in [1.54, 1.807) is 0 Å². The van der Waals surface area contributed by atoms with Gasteiger partial charge in [-0.05, 0) is 38.0 Å². The predicted octanol–water partition coefficient (Wildman–Crippen LogP) is 2.19. The van der Waals surface area contributed by atoms with Gasteiger partial charge in [-0.3, -0.25) is 4.79 Å². The molecule has 26 heavy (non-hydrogen) atoms. The van der Waals surface area contributed by atoms with Crippen LogP contribution in [0.3, 0.4) is 0 Å². The van der Waals surface area contributed by atoms with Crippen LogP contribution in [0.4, 0.5) is 0 Å². The molecule has 0 aliphatic heterocycles. The van der Waals surface area contributed by atoms with Gasteiger partial charge >= 0.3 is 5.97 Å². The highest BCUT2D eigenvalue weighted by Gasteiger charge is 2.26. The highest BCUT2D eigenvalue weighted by atomic mass is 35.5. The van der Waals surface area contributed by atoms with E-state index < -0.39 is 22.1 Å². The van der Waals surface area contributed by atoms with E-state index in [1.165, 1.54) is 33.2 Å². The zero-order valence-corrected chi connectivity index (χ0v) is 16.6. The first-order valence-electron chi connectivity index (χ1n) is 8.36. The number of esters is 1. The van der Waals surface area contributed by atoms with E-state index >= 15 is 0 Å². The summed E-state index contributed by atoms with van der Waals surface area (Å²) in [6, 6.07) is 3.89. The van der Waals surface area contributed by atoms with Crippen LogP contribution in [-0.2, 0) is 19.6 Å². The van der Waals surface area contributed by atoms with Crippen molar-refractivity contribution < 1.29 is 22.7 Å². The van der Waals surface area contributed by atoms with Crippen LogP contribution in [0.2, 0.25) is 5.02 Å². The van der Waals surface area contributed by atoms with E-state index in [0.717, 1.165) is 36.1 Å². The molecule has 1 aromatic carbocycles. The molecule has 7 nitrogen and oxygen atoms in total. The quantitative estimate of drug-likeness (QED) is 0.736. The number of carbonyl (C=O) groups is 2. The largest absolute Gasteiger partial charge is 0.449 e. The van der Waals surface area contributed by atoms with Crippen LogP contribution in [0.15, 0.2) is 23.1 Å². The van der Waals surface area contributed by atoms with Crippen LogP contribution >= 0.6 is 11.6 Å². The Balaban J connectivity index is 2.12. The first kappa shape index (κ1) is 20.7. The molecule has 0 unspecified atom stereocenters. The average molecular weight is 403 g/mol. The third-order valence-electron chi connectivity index (χ3n) is 4.29. The highest BCUT2D eigenvalue weighted by molar-refractivity contribution is 7.89. The maximum atomic E-state index is 12.4. The van der Waals surface area contributed by atoms with Crippen molar-refractivity contribution in [3.8, 4) is 0 Å². The van der Waals surface area contributed by atoms with Crippen LogP contribution in [0.25, 0.3) is 0 Å². The third kappa shape index (κ3) is 4.75. The number of ether oxygens (including phenoxy) is 1. The van der Waals surface area contributed by atoms with Gasteiger partial charge in [0.05, 0.1) is 15.5 Å². The van der Waals surface area contributed by atoms with Crippen molar-refractivity contribution in [1.82, 2.24) is 9.62 Å². The zero-order valence-electron chi connectivity index (χ0n) is 15.0. The molecule has 0 spiro atoms. The second-order valence-corrected chi connectivity index (χ2v) is 9.03. The smallest absolute Gasteiger partial charge is 0.340 e. The molecule has 0 heterocycles. The Morgan fingerprint density at radius 3 is 2.46 bits per heavy atom. The number of nitrogens with one attached hydrogen (secondary N) is 1. The normalized spacial score (nSPS) is 16.5. The molecular formula is C17H23ClN2O5S. The Labute approximate surface area is 158 Å². The van der Waals surface area contributed by atoms with E-state index in [-0.39, 0.29) is 27.4 Å². The van der Waals surface area contributed by atoms with Crippen LogP contribution < -0.4 is 5.32 Å². The Morgan fingerprint density at radius 2 is 1.88 bits per heavy atom. The molecule has 1 saturated carbocycles. The summed E-state index contributed by atoms with van der Waals surface area (Å²) in [5, 5.41) is 2.90. The number of hydrogen-bond donors (Lipinski definition) is 1. The molecular weight excluding hydrogens is 380 g/mol. The van der Waals surface area contributed by atoms with E-state index in [2.05, 4.69) is 5.32 Å². The summed E-state index contributed by atoms with van der Waals surface area (Å²) in [5.41, 5.74) is -0.102. The maximum absolute atomic E-state index is 12.4. The minimum atomic E-state index is -3.72. The summed E-state index contributed by atoms with van der Waals surface area (Å²) in [6.45, 7) is 1.47. The lowest BCUT2D eigenvalue weighted by Gasteiger charge is -2.18. The van der Waals surface area contributed by atoms with Gasteiger partial charge in [-0.15, -0.1) is 0 Å². The lowest BCUT2D eigenvalue weighted by molar-refractivity contribution is -0.129. The van der Waals surface area contributed by atoms with Crippen LogP contribution in [0, 0.1) is 0 Å². The third-order valence-corrected chi connectivity index (χ3v) is 6.43. The number of nitrogens with zero attached hydrogens (tertiary/aromatic N) is 1. The fourth-order valence-electron chi connectivity index (χ4n) is 2.70. The van der Waals surface area contributed by atoms with Gasteiger partial charge in [0.2, 0.25) is 10.0 Å². The monoisotopic (exact) mass is 402 g/mol. The average Bonchev–Trinajstić information content (AvgIpc) is 3.07. The summed E-state index contributed by atoms with van der Waals surface area (Å²) in [7, 11) is -0.950. The van der Waals surface area contributed by atoms with Crippen molar-refractivity contribution in [3.05, 3.63) is 28.8 Å². The van der Waals surface area contributed by atoms with Gasteiger partial charge in [0.1, 0.15) is 0 Å². The Morgan fingerprint density at radius 1 is 1.27 bits per heavy atom.